The van der Waals surface area contributed by atoms with Crippen molar-refractivity contribution in [3.63, 3.8) is 0 Å². The summed E-state index contributed by atoms with van der Waals surface area (Å²) in [7, 11) is 0. The molecule has 0 amide bonds. The van der Waals surface area contributed by atoms with E-state index in [1.54, 1.807) is 0 Å². The van der Waals surface area contributed by atoms with Gasteiger partial charge in [0.15, 0.2) is 6.10 Å². The Balaban J connectivity index is 4.52. The lowest BCUT2D eigenvalue weighted by atomic mass is 10.1. The van der Waals surface area contributed by atoms with E-state index in [1.807, 2.05) is 0 Å². The number of hydrogen-bond donors (Lipinski definition) is 0. The minimum Gasteiger partial charge on any atom is -0.462 e. The molecule has 1 unspecified atom stereocenters. The van der Waals surface area contributed by atoms with Crippen LogP contribution in [0.5, 0.6) is 0 Å². The van der Waals surface area contributed by atoms with Crippen LogP contribution in [0.3, 0.4) is 0 Å². The van der Waals surface area contributed by atoms with E-state index in [0.717, 1.165) is 122 Å². The molecule has 0 aromatic heterocycles. The van der Waals surface area contributed by atoms with Gasteiger partial charge in [0.1, 0.15) is 13.2 Å². The third kappa shape index (κ3) is 45.4. The van der Waals surface area contributed by atoms with Gasteiger partial charge in [-0.3, -0.25) is 14.4 Å². The van der Waals surface area contributed by atoms with Crippen LogP contribution in [0.25, 0.3) is 0 Å². The van der Waals surface area contributed by atoms with Crippen LogP contribution >= 0.6 is 0 Å². The molecule has 0 bridgehead atoms. The lowest BCUT2D eigenvalue weighted by molar-refractivity contribution is -0.167. The number of carbonyl (C=O) groups excluding carboxylic acids is 3. The molecule has 0 saturated heterocycles. The normalized spacial score (nSPS) is 12.9. The van der Waals surface area contributed by atoms with Gasteiger partial charge in [-0.2, -0.15) is 0 Å². The molecule has 0 aliphatic rings. The summed E-state index contributed by atoms with van der Waals surface area (Å²) in [5.41, 5.74) is 0. The van der Waals surface area contributed by atoms with E-state index in [0.29, 0.717) is 19.3 Å². The van der Waals surface area contributed by atoms with Gasteiger partial charge in [-0.05, 0) is 109 Å². The summed E-state index contributed by atoms with van der Waals surface area (Å²) in [6.45, 7) is 6.31. The van der Waals surface area contributed by atoms with Crippen LogP contribution in [-0.2, 0) is 28.6 Å². The molecular weight excluding hydrogens is 745 g/mol. The van der Waals surface area contributed by atoms with E-state index in [9.17, 15) is 14.4 Å². The average Bonchev–Trinajstić information content (AvgIpc) is 3.24. The number of ether oxygens (including phenoxy) is 3. The molecule has 340 valence electrons. The fraction of sp³-hybridized carbons (Fsp3) is 0.648. The lowest BCUT2D eigenvalue weighted by Gasteiger charge is -2.18. The Bertz CT molecular complexity index is 1230. The first-order chi connectivity index (χ1) is 29.5. The first-order valence-electron chi connectivity index (χ1n) is 24.2. The fourth-order valence-electron chi connectivity index (χ4n) is 6.21. The maximum Gasteiger partial charge on any atom is 0.306 e. The highest BCUT2D eigenvalue weighted by Crippen LogP contribution is 2.12. The molecule has 0 rings (SSSR count). The average molecular weight is 833 g/mol. The maximum absolute atomic E-state index is 12.7. The van der Waals surface area contributed by atoms with Crippen molar-refractivity contribution in [2.45, 2.75) is 213 Å². The van der Waals surface area contributed by atoms with Crippen molar-refractivity contribution in [1.29, 1.82) is 0 Å². The van der Waals surface area contributed by atoms with Gasteiger partial charge in [-0.1, -0.05) is 176 Å². The van der Waals surface area contributed by atoms with Crippen LogP contribution in [0.1, 0.15) is 207 Å². The summed E-state index contributed by atoms with van der Waals surface area (Å²) in [4.78, 5) is 37.8. The third-order valence-corrected chi connectivity index (χ3v) is 9.80. The topological polar surface area (TPSA) is 78.9 Å². The number of allylic oxidation sites excluding steroid dienone is 16. The summed E-state index contributed by atoms with van der Waals surface area (Å²) in [6, 6.07) is 0. The van der Waals surface area contributed by atoms with E-state index >= 15 is 0 Å². The Hall–Kier alpha value is -3.67. The van der Waals surface area contributed by atoms with Crippen molar-refractivity contribution in [1.82, 2.24) is 0 Å². The fourth-order valence-corrected chi connectivity index (χ4v) is 6.21. The lowest BCUT2D eigenvalue weighted by Crippen LogP contribution is -2.30. The van der Waals surface area contributed by atoms with E-state index in [1.165, 1.54) is 38.5 Å². The second kappa shape index (κ2) is 48.0. The van der Waals surface area contributed by atoms with Crippen molar-refractivity contribution in [2.75, 3.05) is 13.2 Å². The van der Waals surface area contributed by atoms with Gasteiger partial charge in [0, 0.05) is 19.3 Å². The Labute approximate surface area is 368 Å². The number of hydrogen-bond acceptors (Lipinski definition) is 6. The van der Waals surface area contributed by atoms with Crippen molar-refractivity contribution in [3.8, 4) is 0 Å². The van der Waals surface area contributed by atoms with Crippen LogP contribution in [0.2, 0.25) is 0 Å². The first-order valence-corrected chi connectivity index (χ1v) is 24.2. The molecule has 0 radical (unpaired) electrons. The first kappa shape index (κ1) is 56.3. The smallest absolute Gasteiger partial charge is 0.306 e. The van der Waals surface area contributed by atoms with Gasteiger partial charge in [0.05, 0.1) is 0 Å². The second-order valence-corrected chi connectivity index (χ2v) is 15.6. The maximum atomic E-state index is 12.7. The van der Waals surface area contributed by atoms with Crippen molar-refractivity contribution >= 4 is 17.9 Å². The van der Waals surface area contributed by atoms with Gasteiger partial charge >= 0.3 is 17.9 Å². The molecule has 0 spiro atoms. The Kier molecular flexibility index (Phi) is 45.1. The molecule has 0 N–H and O–H groups in total. The molecule has 0 aromatic rings. The molecular formula is C54H88O6. The highest BCUT2D eigenvalue weighted by molar-refractivity contribution is 5.71. The Morgan fingerprint density at radius 2 is 0.667 bits per heavy atom. The van der Waals surface area contributed by atoms with Gasteiger partial charge in [-0.25, -0.2) is 0 Å². The van der Waals surface area contributed by atoms with Gasteiger partial charge < -0.3 is 14.2 Å². The van der Waals surface area contributed by atoms with Crippen LogP contribution in [0.4, 0.5) is 0 Å². The highest BCUT2D eigenvalue weighted by atomic mass is 16.6. The minimum absolute atomic E-state index is 0.110. The molecule has 60 heavy (non-hydrogen) atoms. The molecule has 6 nitrogen and oxygen atoms in total. The van der Waals surface area contributed by atoms with E-state index in [4.69, 9.17) is 14.2 Å². The SMILES string of the molecule is CC/C=C\C/C=C\C/C=C\C/C=C\C/C=C\CCCC(=O)OCC(COC(=O)CCCCCCC/C=C\C/C=C\CC)OC(=O)CCCCC/C=C\CCCCCCCC. The zero-order valence-corrected chi connectivity index (χ0v) is 38.7. The zero-order chi connectivity index (χ0) is 43.7. The predicted octanol–water partition coefficient (Wildman–Crippen LogP) is 15.8. The van der Waals surface area contributed by atoms with Gasteiger partial charge in [0.25, 0.3) is 0 Å². The van der Waals surface area contributed by atoms with Crippen LogP contribution in [0.15, 0.2) is 97.2 Å². The van der Waals surface area contributed by atoms with E-state index in [2.05, 4.69) is 118 Å². The van der Waals surface area contributed by atoms with E-state index in [-0.39, 0.29) is 37.5 Å². The Morgan fingerprint density at radius 1 is 0.350 bits per heavy atom. The summed E-state index contributed by atoms with van der Waals surface area (Å²) >= 11 is 0. The molecule has 0 saturated carbocycles. The van der Waals surface area contributed by atoms with Crippen LogP contribution < -0.4 is 0 Å². The standard InChI is InChI=1S/C54H88O6/c1-4-7-10-13-16-19-22-25-26-27-28-30-32-35-38-41-44-47-53(56)59-50-51(49-58-52(55)46-43-40-37-34-31-24-21-18-15-12-9-6-3)60-54(57)48-45-42-39-36-33-29-23-20-17-14-11-8-5-2/h7,9-10,12,16,18-19,21,25-26,28-30,33,35,38,51H,4-6,8,11,13-15,17,20,22-24,27,31-32,34,36-37,39-50H2,1-3H3/b10-7-,12-9-,19-16-,21-18-,26-25-,30-28-,33-29-,38-35-. The monoisotopic (exact) mass is 833 g/mol. The van der Waals surface area contributed by atoms with Crippen molar-refractivity contribution < 1.29 is 28.6 Å². The largest absolute Gasteiger partial charge is 0.462 e. The quantitative estimate of drug-likeness (QED) is 0.0264. The highest BCUT2D eigenvalue weighted by Gasteiger charge is 2.19. The third-order valence-electron chi connectivity index (χ3n) is 9.80. The minimum atomic E-state index is -0.813. The van der Waals surface area contributed by atoms with E-state index < -0.39 is 6.10 Å². The summed E-state index contributed by atoms with van der Waals surface area (Å²) in [5, 5.41) is 0. The van der Waals surface area contributed by atoms with Gasteiger partial charge in [-0.15, -0.1) is 0 Å². The Morgan fingerprint density at radius 3 is 1.12 bits per heavy atom. The van der Waals surface area contributed by atoms with Crippen molar-refractivity contribution in [3.05, 3.63) is 97.2 Å². The number of rotatable bonds is 42. The number of carbonyl (C=O) groups is 3. The van der Waals surface area contributed by atoms with Crippen molar-refractivity contribution in [2.24, 2.45) is 0 Å². The van der Waals surface area contributed by atoms with Crippen LogP contribution in [-0.4, -0.2) is 37.2 Å². The number of unbranched alkanes of at least 4 members (excludes halogenated alkanes) is 15. The molecule has 6 heteroatoms. The van der Waals surface area contributed by atoms with Crippen LogP contribution in [0, 0.1) is 0 Å². The zero-order valence-electron chi connectivity index (χ0n) is 38.7. The molecule has 0 heterocycles. The molecule has 1 atom stereocenters. The second-order valence-electron chi connectivity index (χ2n) is 15.6. The molecule has 0 fully saturated rings. The molecule has 0 aromatic carbocycles. The molecule has 0 aliphatic carbocycles. The predicted molar refractivity (Wildman–Crippen MR) is 256 cm³/mol. The number of esters is 3. The molecule has 0 aliphatic heterocycles. The summed E-state index contributed by atoms with van der Waals surface area (Å²) in [6.07, 6.45) is 62.5. The summed E-state index contributed by atoms with van der Waals surface area (Å²) < 4.78 is 16.7. The summed E-state index contributed by atoms with van der Waals surface area (Å²) in [5.74, 6) is -1.01. The van der Waals surface area contributed by atoms with Gasteiger partial charge in [0.2, 0.25) is 0 Å².